The van der Waals surface area contributed by atoms with Crippen molar-refractivity contribution in [3.63, 3.8) is 0 Å². The van der Waals surface area contributed by atoms with Crippen LogP contribution in [0, 0.1) is 0 Å². The SMILES string of the molecule is O=C(NCC1COc2ccccc2O1)Nc1ccccc1. The lowest BCUT2D eigenvalue weighted by Crippen LogP contribution is -2.42. The summed E-state index contributed by atoms with van der Waals surface area (Å²) >= 11 is 0. The van der Waals surface area contributed by atoms with E-state index in [0.29, 0.717) is 18.9 Å². The first-order chi connectivity index (χ1) is 10.3. The van der Waals surface area contributed by atoms with Crippen LogP contribution in [0.15, 0.2) is 54.6 Å². The predicted octanol–water partition coefficient (Wildman–Crippen LogP) is 2.65. The van der Waals surface area contributed by atoms with Crippen LogP contribution in [0.2, 0.25) is 0 Å². The number of para-hydroxylation sites is 3. The summed E-state index contributed by atoms with van der Waals surface area (Å²) < 4.78 is 11.4. The summed E-state index contributed by atoms with van der Waals surface area (Å²) in [7, 11) is 0. The molecule has 1 atom stereocenters. The van der Waals surface area contributed by atoms with E-state index in [-0.39, 0.29) is 12.1 Å². The van der Waals surface area contributed by atoms with Crippen LogP contribution in [-0.2, 0) is 0 Å². The highest BCUT2D eigenvalue weighted by atomic mass is 16.6. The number of benzene rings is 2. The van der Waals surface area contributed by atoms with Crippen LogP contribution >= 0.6 is 0 Å². The Bertz CT molecular complexity index is 616. The standard InChI is InChI=1S/C16H16N2O3/c19-16(18-12-6-2-1-3-7-12)17-10-13-11-20-14-8-4-5-9-15(14)21-13/h1-9,13H,10-11H2,(H2,17,18,19). The summed E-state index contributed by atoms with van der Waals surface area (Å²) in [6.07, 6.45) is -0.193. The number of hydrogen-bond donors (Lipinski definition) is 2. The second-order valence-electron chi connectivity index (χ2n) is 4.70. The van der Waals surface area contributed by atoms with E-state index in [4.69, 9.17) is 9.47 Å². The van der Waals surface area contributed by atoms with Gasteiger partial charge in [-0.25, -0.2) is 4.79 Å². The van der Waals surface area contributed by atoms with E-state index in [1.165, 1.54) is 0 Å². The number of ether oxygens (including phenoxy) is 2. The predicted molar refractivity (Wildman–Crippen MR) is 79.8 cm³/mol. The molecule has 1 aliphatic heterocycles. The van der Waals surface area contributed by atoms with E-state index in [2.05, 4.69) is 10.6 Å². The van der Waals surface area contributed by atoms with Crippen LogP contribution < -0.4 is 20.1 Å². The maximum Gasteiger partial charge on any atom is 0.319 e. The molecule has 0 bridgehead atoms. The van der Waals surface area contributed by atoms with Crippen LogP contribution in [0.25, 0.3) is 0 Å². The fourth-order valence-corrected chi connectivity index (χ4v) is 2.07. The van der Waals surface area contributed by atoms with Crippen molar-refractivity contribution in [1.82, 2.24) is 5.32 Å². The van der Waals surface area contributed by atoms with Gasteiger partial charge in [0, 0.05) is 5.69 Å². The Morgan fingerprint density at radius 2 is 1.76 bits per heavy atom. The molecule has 0 aliphatic carbocycles. The normalized spacial score (nSPS) is 16.1. The van der Waals surface area contributed by atoms with Crippen molar-refractivity contribution >= 4 is 11.7 Å². The third kappa shape index (κ3) is 3.45. The quantitative estimate of drug-likeness (QED) is 0.911. The van der Waals surface area contributed by atoms with Crippen LogP contribution in [0.1, 0.15) is 0 Å². The molecule has 0 aromatic heterocycles. The fourth-order valence-electron chi connectivity index (χ4n) is 2.07. The number of fused-ring (bicyclic) bond motifs is 1. The molecule has 1 heterocycles. The highest BCUT2D eigenvalue weighted by molar-refractivity contribution is 5.89. The summed E-state index contributed by atoms with van der Waals surface area (Å²) in [6.45, 7) is 0.801. The average Bonchev–Trinajstić information content (AvgIpc) is 2.54. The molecular weight excluding hydrogens is 268 g/mol. The van der Waals surface area contributed by atoms with Crippen LogP contribution in [0.5, 0.6) is 11.5 Å². The van der Waals surface area contributed by atoms with Crippen molar-refractivity contribution in [1.29, 1.82) is 0 Å². The lowest BCUT2D eigenvalue weighted by Gasteiger charge is -2.26. The van der Waals surface area contributed by atoms with Gasteiger partial charge in [-0.2, -0.15) is 0 Å². The van der Waals surface area contributed by atoms with Gasteiger partial charge in [0.1, 0.15) is 6.61 Å². The van der Waals surface area contributed by atoms with E-state index >= 15 is 0 Å². The van der Waals surface area contributed by atoms with E-state index in [1.807, 2.05) is 54.6 Å². The zero-order valence-corrected chi connectivity index (χ0v) is 11.4. The topological polar surface area (TPSA) is 59.6 Å². The summed E-state index contributed by atoms with van der Waals surface area (Å²) in [5, 5.41) is 5.53. The molecule has 3 rings (SSSR count). The van der Waals surface area contributed by atoms with Crippen molar-refractivity contribution < 1.29 is 14.3 Å². The number of rotatable bonds is 3. The van der Waals surface area contributed by atoms with Gasteiger partial charge in [0.05, 0.1) is 6.54 Å². The Morgan fingerprint density at radius 3 is 2.57 bits per heavy atom. The number of hydrogen-bond acceptors (Lipinski definition) is 3. The van der Waals surface area contributed by atoms with Gasteiger partial charge >= 0.3 is 6.03 Å². The number of amides is 2. The van der Waals surface area contributed by atoms with Crippen LogP contribution in [0.3, 0.4) is 0 Å². The number of nitrogens with one attached hydrogen (secondary N) is 2. The lowest BCUT2D eigenvalue weighted by molar-refractivity contribution is 0.0922. The largest absolute Gasteiger partial charge is 0.486 e. The third-order valence-corrected chi connectivity index (χ3v) is 3.09. The molecule has 0 saturated heterocycles. The Hall–Kier alpha value is -2.69. The molecule has 0 spiro atoms. The number of anilines is 1. The average molecular weight is 284 g/mol. The van der Waals surface area contributed by atoms with Crippen molar-refractivity contribution in [2.24, 2.45) is 0 Å². The summed E-state index contributed by atoms with van der Waals surface area (Å²) in [5.41, 5.74) is 0.751. The molecule has 5 nitrogen and oxygen atoms in total. The van der Waals surface area contributed by atoms with E-state index in [9.17, 15) is 4.79 Å². The van der Waals surface area contributed by atoms with Gasteiger partial charge in [-0.15, -0.1) is 0 Å². The first-order valence-electron chi connectivity index (χ1n) is 6.79. The molecule has 5 heteroatoms. The van der Waals surface area contributed by atoms with Crippen molar-refractivity contribution in [2.45, 2.75) is 6.10 Å². The second-order valence-corrected chi connectivity index (χ2v) is 4.70. The summed E-state index contributed by atoms with van der Waals surface area (Å²) in [6, 6.07) is 16.5. The van der Waals surface area contributed by atoms with Crippen LogP contribution in [0.4, 0.5) is 10.5 Å². The minimum absolute atomic E-state index is 0.193. The highest BCUT2D eigenvalue weighted by Crippen LogP contribution is 2.30. The Kier molecular flexibility index (Phi) is 3.91. The van der Waals surface area contributed by atoms with Crippen LogP contribution in [-0.4, -0.2) is 25.3 Å². The Morgan fingerprint density at radius 1 is 1.05 bits per heavy atom. The molecule has 1 aliphatic rings. The zero-order chi connectivity index (χ0) is 14.5. The van der Waals surface area contributed by atoms with E-state index in [1.54, 1.807) is 0 Å². The maximum atomic E-state index is 11.8. The molecule has 2 aromatic rings. The monoisotopic (exact) mass is 284 g/mol. The number of carbonyl (C=O) groups is 1. The minimum atomic E-state index is -0.261. The van der Waals surface area contributed by atoms with Gasteiger partial charge in [0.2, 0.25) is 0 Å². The van der Waals surface area contributed by atoms with Crippen molar-refractivity contribution in [2.75, 3.05) is 18.5 Å². The van der Waals surface area contributed by atoms with Crippen molar-refractivity contribution in [3.8, 4) is 11.5 Å². The lowest BCUT2D eigenvalue weighted by atomic mass is 10.2. The molecule has 2 aromatic carbocycles. The Labute approximate surface area is 122 Å². The molecule has 21 heavy (non-hydrogen) atoms. The molecule has 0 fully saturated rings. The first-order valence-corrected chi connectivity index (χ1v) is 6.79. The summed E-state index contributed by atoms with van der Waals surface area (Å²) in [4.78, 5) is 11.8. The molecule has 2 N–H and O–H groups in total. The zero-order valence-electron chi connectivity index (χ0n) is 11.4. The molecular formula is C16H16N2O3. The minimum Gasteiger partial charge on any atom is -0.486 e. The Balaban J connectivity index is 1.49. The highest BCUT2D eigenvalue weighted by Gasteiger charge is 2.20. The van der Waals surface area contributed by atoms with Gasteiger partial charge in [0.15, 0.2) is 17.6 Å². The third-order valence-electron chi connectivity index (χ3n) is 3.09. The van der Waals surface area contributed by atoms with Crippen molar-refractivity contribution in [3.05, 3.63) is 54.6 Å². The molecule has 0 saturated carbocycles. The molecule has 0 radical (unpaired) electrons. The van der Waals surface area contributed by atoms with E-state index < -0.39 is 0 Å². The smallest absolute Gasteiger partial charge is 0.319 e. The van der Waals surface area contributed by atoms with Gasteiger partial charge in [-0.05, 0) is 24.3 Å². The number of carbonyl (C=O) groups excluding carboxylic acids is 1. The van der Waals surface area contributed by atoms with Gasteiger partial charge < -0.3 is 20.1 Å². The maximum absolute atomic E-state index is 11.8. The van der Waals surface area contributed by atoms with Gasteiger partial charge in [0.25, 0.3) is 0 Å². The van der Waals surface area contributed by atoms with Gasteiger partial charge in [-0.1, -0.05) is 30.3 Å². The second kappa shape index (κ2) is 6.17. The van der Waals surface area contributed by atoms with E-state index in [0.717, 1.165) is 11.4 Å². The molecule has 2 amide bonds. The molecule has 108 valence electrons. The van der Waals surface area contributed by atoms with Gasteiger partial charge in [-0.3, -0.25) is 0 Å². The number of urea groups is 1. The fraction of sp³-hybridized carbons (Fsp3) is 0.188. The summed E-state index contributed by atoms with van der Waals surface area (Å²) in [5.74, 6) is 1.45. The molecule has 1 unspecified atom stereocenters. The first kappa shape index (κ1) is 13.3.